The summed E-state index contributed by atoms with van der Waals surface area (Å²) in [5.74, 6) is 1.55. The third-order valence-electron chi connectivity index (χ3n) is 2.10. The largest absolute Gasteiger partial charge is 0.494 e. The Hall–Kier alpha value is -1.55. The minimum absolute atomic E-state index is 0.661. The summed E-state index contributed by atoms with van der Waals surface area (Å²) in [6.45, 7) is 2.66. The van der Waals surface area contributed by atoms with Gasteiger partial charge in [-0.05, 0) is 31.2 Å². The second kappa shape index (κ2) is 4.99. The molecule has 2 rings (SSSR count). The predicted molar refractivity (Wildman–Crippen MR) is 65.3 cm³/mol. The van der Waals surface area contributed by atoms with Crippen molar-refractivity contribution in [2.24, 2.45) is 0 Å². The molecule has 0 fully saturated rings. The maximum Gasteiger partial charge on any atom is 0.224 e. The van der Waals surface area contributed by atoms with Gasteiger partial charge in [0.1, 0.15) is 10.8 Å². The zero-order valence-corrected chi connectivity index (χ0v) is 10.1. The van der Waals surface area contributed by atoms with Crippen molar-refractivity contribution in [3.05, 3.63) is 29.6 Å². The first kappa shape index (κ1) is 11.0. The van der Waals surface area contributed by atoms with Crippen LogP contribution in [0.15, 0.2) is 29.6 Å². The van der Waals surface area contributed by atoms with Crippen LogP contribution >= 0.6 is 11.3 Å². The van der Waals surface area contributed by atoms with Gasteiger partial charge in [-0.25, -0.2) is 4.98 Å². The van der Waals surface area contributed by atoms with Gasteiger partial charge in [-0.15, -0.1) is 11.3 Å². The standard InChI is InChI=1S/C12H13NO2S/c1-3-15-10-6-4-9(5-7-10)12-13-11(14-2)8-16-12/h4-8H,3H2,1-2H3. The van der Waals surface area contributed by atoms with E-state index in [0.717, 1.165) is 16.3 Å². The fourth-order valence-corrected chi connectivity index (χ4v) is 2.12. The van der Waals surface area contributed by atoms with Crippen molar-refractivity contribution in [3.8, 4) is 22.2 Å². The summed E-state index contributed by atoms with van der Waals surface area (Å²) in [7, 11) is 1.62. The van der Waals surface area contributed by atoms with Gasteiger partial charge in [-0.1, -0.05) is 0 Å². The number of thiazole rings is 1. The number of rotatable bonds is 4. The van der Waals surface area contributed by atoms with E-state index in [0.29, 0.717) is 12.5 Å². The first-order valence-electron chi connectivity index (χ1n) is 5.06. The van der Waals surface area contributed by atoms with Gasteiger partial charge in [-0.3, -0.25) is 0 Å². The van der Waals surface area contributed by atoms with E-state index in [4.69, 9.17) is 9.47 Å². The lowest BCUT2D eigenvalue weighted by Gasteiger charge is -2.02. The van der Waals surface area contributed by atoms with Crippen LogP contribution in [0.25, 0.3) is 10.6 Å². The summed E-state index contributed by atoms with van der Waals surface area (Å²) >= 11 is 1.57. The molecule has 0 radical (unpaired) electrons. The van der Waals surface area contributed by atoms with E-state index in [1.54, 1.807) is 18.4 Å². The molecule has 0 atom stereocenters. The molecule has 0 bridgehead atoms. The first-order valence-corrected chi connectivity index (χ1v) is 5.94. The SMILES string of the molecule is CCOc1ccc(-c2nc(OC)cs2)cc1. The summed E-state index contributed by atoms with van der Waals surface area (Å²) < 4.78 is 10.4. The molecular formula is C12H13NO2S. The molecule has 0 spiro atoms. The average Bonchev–Trinajstić information content (AvgIpc) is 2.79. The van der Waals surface area contributed by atoms with E-state index >= 15 is 0 Å². The fourth-order valence-electron chi connectivity index (χ4n) is 1.35. The van der Waals surface area contributed by atoms with Crippen molar-refractivity contribution >= 4 is 11.3 Å². The van der Waals surface area contributed by atoms with E-state index in [9.17, 15) is 0 Å². The minimum atomic E-state index is 0.661. The van der Waals surface area contributed by atoms with Gasteiger partial charge in [0.05, 0.1) is 19.1 Å². The van der Waals surface area contributed by atoms with Crippen LogP contribution in [0.3, 0.4) is 0 Å². The number of nitrogens with zero attached hydrogens (tertiary/aromatic N) is 1. The van der Waals surface area contributed by atoms with Crippen LogP contribution in [0.2, 0.25) is 0 Å². The molecule has 0 saturated carbocycles. The van der Waals surface area contributed by atoms with Crippen molar-refractivity contribution in [1.82, 2.24) is 4.98 Å². The Balaban J connectivity index is 2.20. The van der Waals surface area contributed by atoms with Crippen LogP contribution in [0.1, 0.15) is 6.92 Å². The quantitative estimate of drug-likeness (QED) is 0.815. The van der Waals surface area contributed by atoms with Crippen molar-refractivity contribution in [2.45, 2.75) is 6.92 Å². The molecule has 1 heterocycles. The normalized spacial score (nSPS) is 10.1. The van der Waals surface area contributed by atoms with Crippen molar-refractivity contribution in [2.75, 3.05) is 13.7 Å². The summed E-state index contributed by atoms with van der Waals surface area (Å²) in [6.07, 6.45) is 0. The number of aromatic nitrogens is 1. The van der Waals surface area contributed by atoms with E-state index < -0.39 is 0 Å². The van der Waals surface area contributed by atoms with Gasteiger partial charge in [0.25, 0.3) is 0 Å². The molecule has 1 aromatic heterocycles. The molecule has 0 N–H and O–H groups in total. The molecule has 4 heteroatoms. The average molecular weight is 235 g/mol. The summed E-state index contributed by atoms with van der Waals surface area (Å²) in [5, 5.41) is 2.85. The van der Waals surface area contributed by atoms with Gasteiger partial charge >= 0.3 is 0 Å². The van der Waals surface area contributed by atoms with Crippen LogP contribution < -0.4 is 9.47 Å². The summed E-state index contributed by atoms with van der Waals surface area (Å²) in [5.41, 5.74) is 1.08. The number of ether oxygens (including phenoxy) is 2. The van der Waals surface area contributed by atoms with Crippen LogP contribution in [-0.2, 0) is 0 Å². The lowest BCUT2D eigenvalue weighted by atomic mass is 10.2. The number of hydrogen-bond acceptors (Lipinski definition) is 4. The molecule has 0 aliphatic heterocycles. The maximum atomic E-state index is 5.38. The van der Waals surface area contributed by atoms with Crippen molar-refractivity contribution in [1.29, 1.82) is 0 Å². The number of methoxy groups -OCH3 is 1. The Labute approximate surface area is 98.7 Å². The molecule has 3 nitrogen and oxygen atoms in total. The Kier molecular flexibility index (Phi) is 3.41. The molecule has 16 heavy (non-hydrogen) atoms. The smallest absolute Gasteiger partial charge is 0.224 e. The molecule has 0 amide bonds. The van der Waals surface area contributed by atoms with Crippen LogP contribution in [0, 0.1) is 0 Å². The zero-order valence-electron chi connectivity index (χ0n) is 9.27. The van der Waals surface area contributed by atoms with Crippen LogP contribution in [0.5, 0.6) is 11.6 Å². The highest BCUT2D eigenvalue weighted by molar-refractivity contribution is 7.13. The molecule has 2 aromatic rings. The van der Waals surface area contributed by atoms with E-state index in [2.05, 4.69) is 4.98 Å². The van der Waals surface area contributed by atoms with Gasteiger partial charge in [0.15, 0.2) is 0 Å². The van der Waals surface area contributed by atoms with Crippen molar-refractivity contribution in [3.63, 3.8) is 0 Å². The minimum Gasteiger partial charge on any atom is -0.494 e. The molecule has 84 valence electrons. The second-order valence-corrected chi connectivity index (χ2v) is 4.01. The zero-order chi connectivity index (χ0) is 11.4. The van der Waals surface area contributed by atoms with Crippen LogP contribution in [0.4, 0.5) is 0 Å². The maximum absolute atomic E-state index is 5.38. The second-order valence-electron chi connectivity index (χ2n) is 3.15. The van der Waals surface area contributed by atoms with Gasteiger partial charge in [0, 0.05) is 5.56 Å². The lowest BCUT2D eigenvalue weighted by Crippen LogP contribution is -1.90. The highest BCUT2D eigenvalue weighted by Crippen LogP contribution is 2.28. The Bertz CT molecular complexity index is 450. The molecule has 0 aliphatic carbocycles. The third kappa shape index (κ3) is 2.33. The van der Waals surface area contributed by atoms with Gasteiger partial charge in [-0.2, -0.15) is 0 Å². The lowest BCUT2D eigenvalue weighted by molar-refractivity contribution is 0.340. The third-order valence-corrected chi connectivity index (χ3v) is 2.97. The topological polar surface area (TPSA) is 31.4 Å². The first-order chi connectivity index (χ1) is 7.83. The summed E-state index contributed by atoms with van der Waals surface area (Å²) in [6, 6.07) is 7.91. The van der Waals surface area contributed by atoms with Crippen LogP contribution in [-0.4, -0.2) is 18.7 Å². The van der Waals surface area contributed by atoms with Crippen molar-refractivity contribution < 1.29 is 9.47 Å². The Morgan fingerprint density at radius 1 is 1.25 bits per heavy atom. The number of benzene rings is 1. The predicted octanol–water partition coefficient (Wildman–Crippen LogP) is 3.22. The monoisotopic (exact) mass is 235 g/mol. The molecule has 0 aliphatic rings. The van der Waals surface area contributed by atoms with E-state index in [1.807, 2.05) is 36.6 Å². The Morgan fingerprint density at radius 3 is 2.56 bits per heavy atom. The summed E-state index contributed by atoms with van der Waals surface area (Å²) in [4.78, 5) is 4.33. The number of hydrogen-bond donors (Lipinski definition) is 0. The van der Waals surface area contributed by atoms with E-state index in [-0.39, 0.29) is 0 Å². The van der Waals surface area contributed by atoms with Gasteiger partial charge in [0.2, 0.25) is 5.88 Å². The highest BCUT2D eigenvalue weighted by Gasteiger charge is 2.04. The highest BCUT2D eigenvalue weighted by atomic mass is 32.1. The molecule has 1 aromatic carbocycles. The molecular weight excluding hydrogens is 222 g/mol. The Morgan fingerprint density at radius 2 is 2.00 bits per heavy atom. The fraction of sp³-hybridized carbons (Fsp3) is 0.250. The molecule has 0 saturated heterocycles. The molecule has 0 unspecified atom stereocenters. The van der Waals surface area contributed by atoms with E-state index in [1.165, 1.54) is 0 Å². The van der Waals surface area contributed by atoms with Gasteiger partial charge < -0.3 is 9.47 Å².